The Labute approximate surface area is 80.8 Å². The van der Waals surface area contributed by atoms with E-state index in [0.717, 1.165) is 12.0 Å². The zero-order valence-electron chi connectivity index (χ0n) is 8.65. The van der Waals surface area contributed by atoms with Crippen molar-refractivity contribution < 1.29 is 4.39 Å². The normalized spacial score (nSPS) is 19.5. The van der Waals surface area contributed by atoms with Crippen LogP contribution in [0.4, 0.5) is 4.39 Å². The SMILES string of the molecule is C=C.C=CC1=C(F)CC(C)C1.CN. The third kappa shape index (κ3) is 5.36. The maximum Gasteiger partial charge on any atom is 0.103 e. The summed E-state index contributed by atoms with van der Waals surface area (Å²) in [5.74, 6) is 0.524. The van der Waals surface area contributed by atoms with Crippen molar-refractivity contribution in [3.63, 3.8) is 0 Å². The van der Waals surface area contributed by atoms with Gasteiger partial charge in [0.05, 0.1) is 0 Å². The highest BCUT2D eigenvalue weighted by atomic mass is 19.1. The molecule has 76 valence electrons. The van der Waals surface area contributed by atoms with Gasteiger partial charge in [-0.05, 0) is 25.0 Å². The van der Waals surface area contributed by atoms with E-state index in [-0.39, 0.29) is 5.83 Å². The van der Waals surface area contributed by atoms with Crippen LogP contribution in [0.5, 0.6) is 0 Å². The number of nitrogens with two attached hydrogens (primary N) is 1. The van der Waals surface area contributed by atoms with Crippen molar-refractivity contribution in [3.05, 3.63) is 37.2 Å². The van der Waals surface area contributed by atoms with Crippen LogP contribution >= 0.6 is 0 Å². The van der Waals surface area contributed by atoms with Crippen molar-refractivity contribution in [3.8, 4) is 0 Å². The molecule has 13 heavy (non-hydrogen) atoms. The number of rotatable bonds is 1. The Morgan fingerprint density at radius 3 is 2.00 bits per heavy atom. The summed E-state index contributed by atoms with van der Waals surface area (Å²) in [6, 6.07) is 0. The van der Waals surface area contributed by atoms with E-state index >= 15 is 0 Å². The lowest BCUT2D eigenvalue weighted by Crippen LogP contribution is -1.83. The van der Waals surface area contributed by atoms with Crippen LogP contribution in [-0.4, -0.2) is 7.05 Å². The Morgan fingerprint density at radius 1 is 1.38 bits per heavy atom. The average molecular weight is 185 g/mol. The maximum absolute atomic E-state index is 12.6. The Kier molecular flexibility index (Phi) is 10.3. The number of hydrogen-bond donors (Lipinski definition) is 1. The van der Waals surface area contributed by atoms with Gasteiger partial charge < -0.3 is 5.73 Å². The second-order valence-electron chi connectivity index (χ2n) is 2.65. The van der Waals surface area contributed by atoms with Gasteiger partial charge in [-0.2, -0.15) is 0 Å². The predicted octanol–water partition coefficient (Wildman–Crippen LogP) is 3.20. The van der Waals surface area contributed by atoms with Gasteiger partial charge in [0.25, 0.3) is 0 Å². The standard InChI is InChI=1S/C8H11F.C2H4.CH5N/c1-3-7-4-6(2)5-8(7)9;2*1-2/h3,6H,1,4-5H2,2H3;1-2H2;2H2,1H3. The van der Waals surface area contributed by atoms with E-state index in [1.807, 2.05) is 0 Å². The third-order valence-corrected chi connectivity index (χ3v) is 1.69. The molecular weight excluding hydrogens is 165 g/mol. The van der Waals surface area contributed by atoms with Gasteiger partial charge >= 0.3 is 0 Å². The van der Waals surface area contributed by atoms with Gasteiger partial charge in [0.15, 0.2) is 0 Å². The molecule has 0 amide bonds. The second-order valence-corrected chi connectivity index (χ2v) is 2.65. The summed E-state index contributed by atoms with van der Waals surface area (Å²) in [4.78, 5) is 0. The Morgan fingerprint density at radius 2 is 1.85 bits per heavy atom. The summed E-state index contributed by atoms with van der Waals surface area (Å²) < 4.78 is 12.6. The van der Waals surface area contributed by atoms with Gasteiger partial charge in [-0.3, -0.25) is 0 Å². The molecule has 0 spiro atoms. The van der Waals surface area contributed by atoms with Crippen molar-refractivity contribution in [2.24, 2.45) is 11.7 Å². The van der Waals surface area contributed by atoms with Gasteiger partial charge in [-0.1, -0.05) is 19.6 Å². The molecule has 1 aliphatic carbocycles. The minimum absolute atomic E-state index is 0.0394. The molecule has 1 nitrogen and oxygen atoms in total. The third-order valence-electron chi connectivity index (χ3n) is 1.69. The first-order chi connectivity index (χ1) is 6.24. The molecule has 0 bridgehead atoms. The molecule has 0 fully saturated rings. The van der Waals surface area contributed by atoms with Crippen LogP contribution < -0.4 is 5.73 Å². The van der Waals surface area contributed by atoms with Gasteiger partial charge in [-0.25, -0.2) is 4.39 Å². The first-order valence-electron chi connectivity index (χ1n) is 4.31. The zero-order chi connectivity index (χ0) is 10.9. The van der Waals surface area contributed by atoms with Crippen LogP contribution in [0.3, 0.4) is 0 Å². The van der Waals surface area contributed by atoms with Crippen molar-refractivity contribution in [1.82, 2.24) is 0 Å². The summed E-state index contributed by atoms with van der Waals surface area (Å²) in [6.45, 7) is 11.6. The molecule has 1 rings (SSSR count). The number of hydrogen-bond acceptors (Lipinski definition) is 1. The highest BCUT2D eigenvalue weighted by Crippen LogP contribution is 2.31. The molecule has 0 aromatic heterocycles. The van der Waals surface area contributed by atoms with Crippen molar-refractivity contribution >= 4 is 0 Å². The summed E-state index contributed by atoms with van der Waals surface area (Å²) in [5.41, 5.74) is 5.31. The van der Waals surface area contributed by atoms with Gasteiger partial charge in [0, 0.05) is 6.42 Å². The molecule has 0 radical (unpaired) electrons. The fraction of sp³-hybridized carbons (Fsp3) is 0.455. The summed E-state index contributed by atoms with van der Waals surface area (Å²) in [7, 11) is 1.50. The smallest absolute Gasteiger partial charge is 0.103 e. The molecular formula is C11H20FN. The molecule has 1 unspecified atom stereocenters. The van der Waals surface area contributed by atoms with Crippen LogP contribution in [0.15, 0.2) is 37.2 Å². The number of allylic oxidation sites excluding steroid dienone is 3. The maximum atomic E-state index is 12.6. The second kappa shape index (κ2) is 9.20. The van der Waals surface area contributed by atoms with Crippen LogP contribution in [0.1, 0.15) is 19.8 Å². The predicted molar refractivity (Wildman–Crippen MR) is 58.1 cm³/mol. The highest BCUT2D eigenvalue weighted by molar-refractivity contribution is 5.25. The average Bonchev–Trinajstić information content (AvgIpc) is 2.51. The fourth-order valence-corrected chi connectivity index (χ4v) is 1.19. The highest BCUT2D eigenvalue weighted by Gasteiger charge is 2.17. The van der Waals surface area contributed by atoms with Gasteiger partial charge in [-0.15, -0.1) is 13.2 Å². The molecule has 0 saturated carbocycles. The molecule has 0 heterocycles. The van der Waals surface area contributed by atoms with E-state index in [4.69, 9.17) is 0 Å². The Hall–Kier alpha value is -0.890. The van der Waals surface area contributed by atoms with Gasteiger partial charge in [0.2, 0.25) is 0 Å². The molecule has 0 aromatic rings. The summed E-state index contributed by atoms with van der Waals surface area (Å²) in [5, 5.41) is 0. The molecule has 0 aliphatic heterocycles. The lowest BCUT2D eigenvalue weighted by molar-refractivity contribution is 0.540. The van der Waals surface area contributed by atoms with E-state index in [1.54, 1.807) is 6.08 Å². The monoisotopic (exact) mass is 185 g/mol. The van der Waals surface area contributed by atoms with E-state index in [2.05, 4.69) is 32.4 Å². The first kappa shape index (κ1) is 14.6. The minimum atomic E-state index is 0.0394. The van der Waals surface area contributed by atoms with E-state index in [0.29, 0.717) is 12.3 Å². The molecule has 2 heteroatoms. The number of halogens is 1. The Balaban J connectivity index is 0. The van der Waals surface area contributed by atoms with E-state index < -0.39 is 0 Å². The topological polar surface area (TPSA) is 26.0 Å². The molecule has 1 atom stereocenters. The van der Waals surface area contributed by atoms with Crippen LogP contribution in [0.2, 0.25) is 0 Å². The largest absolute Gasteiger partial charge is 0.333 e. The lowest BCUT2D eigenvalue weighted by atomic mass is 10.1. The quantitative estimate of drug-likeness (QED) is 0.624. The summed E-state index contributed by atoms with van der Waals surface area (Å²) in [6.07, 6.45) is 3.11. The van der Waals surface area contributed by atoms with Gasteiger partial charge in [0.1, 0.15) is 5.83 Å². The zero-order valence-corrected chi connectivity index (χ0v) is 8.65. The van der Waals surface area contributed by atoms with Crippen LogP contribution in [0, 0.1) is 5.92 Å². The first-order valence-corrected chi connectivity index (χ1v) is 4.31. The van der Waals surface area contributed by atoms with Crippen LogP contribution in [0.25, 0.3) is 0 Å². The molecule has 0 saturated heterocycles. The Bertz CT molecular complexity index is 173. The molecule has 1 aliphatic rings. The van der Waals surface area contributed by atoms with Crippen molar-refractivity contribution in [2.45, 2.75) is 19.8 Å². The van der Waals surface area contributed by atoms with Crippen LogP contribution in [-0.2, 0) is 0 Å². The summed E-state index contributed by atoms with van der Waals surface area (Å²) >= 11 is 0. The van der Waals surface area contributed by atoms with E-state index in [9.17, 15) is 4.39 Å². The molecule has 0 aromatic carbocycles. The van der Waals surface area contributed by atoms with E-state index in [1.165, 1.54) is 7.05 Å². The fourth-order valence-electron chi connectivity index (χ4n) is 1.19. The van der Waals surface area contributed by atoms with Crippen molar-refractivity contribution in [1.29, 1.82) is 0 Å². The minimum Gasteiger partial charge on any atom is -0.333 e. The van der Waals surface area contributed by atoms with Crippen molar-refractivity contribution in [2.75, 3.05) is 7.05 Å². The lowest BCUT2D eigenvalue weighted by Gasteiger charge is -1.95. The molecule has 2 N–H and O–H groups in total.